The van der Waals surface area contributed by atoms with Crippen LogP contribution in [0.4, 0.5) is 4.79 Å². The maximum atomic E-state index is 12.6. The molecule has 2 saturated heterocycles. The molecular weight excluding hydrogens is 324 g/mol. The number of urea groups is 1. The number of nitrogens with one attached hydrogen (secondary N) is 3. The summed E-state index contributed by atoms with van der Waals surface area (Å²) in [5.74, 6) is -0.305. The maximum Gasteiger partial charge on any atom is 0.315 e. The second-order valence-electron chi connectivity index (χ2n) is 6.33. The molecule has 1 aromatic carbocycles. The van der Waals surface area contributed by atoms with Crippen molar-refractivity contribution in [3.8, 4) is 0 Å². The minimum Gasteiger partial charge on any atom is -0.464 e. The molecule has 8 heteroatoms. The molecule has 4 amide bonds. The molecule has 0 aliphatic carbocycles. The quantitative estimate of drug-likeness (QED) is 0.753. The predicted molar refractivity (Wildman–Crippen MR) is 89.0 cm³/mol. The SMILES string of the molecule is O=C1NC[C@@H](C(=O)N[C@H]2CCN(C(=O)c3ccc4ccoc4c3)C2)N1. The highest BCUT2D eigenvalue weighted by Gasteiger charge is 2.32. The summed E-state index contributed by atoms with van der Waals surface area (Å²) in [6.07, 6.45) is 2.28. The van der Waals surface area contributed by atoms with Crippen LogP contribution in [0.25, 0.3) is 11.0 Å². The molecule has 0 saturated carbocycles. The lowest BCUT2D eigenvalue weighted by atomic mass is 10.1. The van der Waals surface area contributed by atoms with Crippen LogP contribution >= 0.6 is 0 Å². The van der Waals surface area contributed by atoms with Crippen LogP contribution in [0.5, 0.6) is 0 Å². The number of benzene rings is 1. The first-order valence-electron chi connectivity index (χ1n) is 8.21. The molecule has 130 valence electrons. The highest BCUT2D eigenvalue weighted by Crippen LogP contribution is 2.20. The summed E-state index contributed by atoms with van der Waals surface area (Å²) >= 11 is 0. The number of hydrogen-bond acceptors (Lipinski definition) is 4. The minimum atomic E-state index is -0.557. The van der Waals surface area contributed by atoms with Gasteiger partial charge < -0.3 is 25.3 Å². The summed E-state index contributed by atoms with van der Waals surface area (Å²) in [5, 5.41) is 8.95. The van der Waals surface area contributed by atoms with E-state index in [0.29, 0.717) is 30.7 Å². The van der Waals surface area contributed by atoms with Gasteiger partial charge in [-0.1, -0.05) is 6.07 Å². The standard InChI is InChI=1S/C17H18N4O4/c22-15(13-8-18-17(24)20-13)19-12-3-5-21(9-12)16(23)11-2-1-10-4-6-25-14(10)7-11/h1-2,4,6-7,12-13H,3,5,8-9H2,(H,19,22)(H2,18,20,24)/t12-,13-/m0/s1. The minimum absolute atomic E-state index is 0.0779. The number of fused-ring (bicyclic) bond motifs is 1. The van der Waals surface area contributed by atoms with Crippen LogP contribution in [0.3, 0.4) is 0 Å². The Labute approximate surface area is 143 Å². The first kappa shape index (κ1) is 15.5. The number of hydrogen-bond donors (Lipinski definition) is 3. The van der Waals surface area contributed by atoms with E-state index in [4.69, 9.17) is 4.42 Å². The number of rotatable bonds is 3. The first-order chi connectivity index (χ1) is 12.1. The molecule has 25 heavy (non-hydrogen) atoms. The van der Waals surface area contributed by atoms with Gasteiger partial charge in [-0.15, -0.1) is 0 Å². The van der Waals surface area contributed by atoms with Crippen molar-refractivity contribution in [3.05, 3.63) is 36.1 Å². The van der Waals surface area contributed by atoms with Gasteiger partial charge in [0.1, 0.15) is 11.6 Å². The number of amides is 4. The smallest absolute Gasteiger partial charge is 0.315 e. The van der Waals surface area contributed by atoms with Gasteiger partial charge in [-0.25, -0.2) is 4.79 Å². The molecule has 0 bridgehead atoms. The topological polar surface area (TPSA) is 104 Å². The zero-order chi connectivity index (χ0) is 17.4. The van der Waals surface area contributed by atoms with Gasteiger partial charge >= 0.3 is 6.03 Å². The van der Waals surface area contributed by atoms with E-state index in [1.165, 1.54) is 0 Å². The van der Waals surface area contributed by atoms with Crippen LogP contribution in [0, 0.1) is 0 Å². The zero-order valence-electron chi connectivity index (χ0n) is 13.5. The molecule has 2 aliphatic heterocycles. The molecular formula is C17H18N4O4. The van der Waals surface area contributed by atoms with E-state index in [2.05, 4.69) is 16.0 Å². The van der Waals surface area contributed by atoms with Crippen molar-refractivity contribution >= 4 is 28.8 Å². The van der Waals surface area contributed by atoms with E-state index < -0.39 is 6.04 Å². The molecule has 1 aromatic heterocycles. The van der Waals surface area contributed by atoms with E-state index in [0.717, 1.165) is 5.39 Å². The third-order valence-electron chi connectivity index (χ3n) is 4.61. The maximum absolute atomic E-state index is 12.6. The second-order valence-corrected chi connectivity index (χ2v) is 6.33. The van der Waals surface area contributed by atoms with Gasteiger partial charge in [0.05, 0.1) is 6.26 Å². The van der Waals surface area contributed by atoms with Gasteiger partial charge in [0.25, 0.3) is 5.91 Å². The predicted octanol–water partition coefficient (Wildman–Crippen LogP) is 0.445. The molecule has 2 atom stereocenters. The number of furan rings is 1. The van der Waals surface area contributed by atoms with Crippen molar-refractivity contribution in [2.45, 2.75) is 18.5 Å². The lowest BCUT2D eigenvalue weighted by Gasteiger charge is -2.18. The monoisotopic (exact) mass is 342 g/mol. The summed E-state index contributed by atoms with van der Waals surface area (Å²) in [6, 6.07) is 6.23. The molecule has 0 unspecified atom stereocenters. The number of likely N-dealkylation sites (tertiary alicyclic amines) is 1. The van der Waals surface area contributed by atoms with Crippen molar-refractivity contribution in [2.75, 3.05) is 19.6 Å². The average Bonchev–Trinajstić information content (AvgIpc) is 3.33. The summed E-state index contributed by atoms with van der Waals surface area (Å²) in [7, 11) is 0. The van der Waals surface area contributed by atoms with Crippen LogP contribution in [0.15, 0.2) is 34.9 Å². The molecule has 3 heterocycles. The Morgan fingerprint density at radius 1 is 1.28 bits per heavy atom. The molecule has 0 spiro atoms. The van der Waals surface area contributed by atoms with E-state index in [1.807, 2.05) is 12.1 Å². The number of carbonyl (C=O) groups is 3. The number of carbonyl (C=O) groups excluding carboxylic acids is 3. The molecule has 0 radical (unpaired) electrons. The molecule has 4 rings (SSSR count). The average molecular weight is 342 g/mol. The lowest BCUT2D eigenvalue weighted by molar-refractivity contribution is -0.123. The van der Waals surface area contributed by atoms with Crippen molar-refractivity contribution < 1.29 is 18.8 Å². The fourth-order valence-corrected chi connectivity index (χ4v) is 3.25. The largest absolute Gasteiger partial charge is 0.464 e. The normalized spacial score (nSPS) is 22.7. The van der Waals surface area contributed by atoms with Gasteiger partial charge in [0.2, 0.25) is 5.91 Å². The zero-order valence-corrected chi connectivity index (χ0v) is 13.5. The van der Waals surface area contributed by atoms with Crippen LogP contribution < -0.4 is 16.0 Å². The van der Waals surface area contributed by atoms with Crippen molar-refractivity contribution in [1.29, 1.82) is 0 Å². The molecule has 8 nitrogen and oxygen atoms in total. The van der Waals surface area contributed by atoms with E-state index in [9.17, 15) is 14.4 Å². The summed E-state index contributed by atoms with van der Waals surface area (Å²) in [4.78, 5) is 37.6. The second kappa shape index (κ2) is 6.12. The Bertz CT molecular complexity index is 846. The Morgan fingerprint density at radius 3 is 2.96 bits per heavy atom. The number of nitrogens with zero attached hydrogens (tertiary/aromatic N) is 1. The van der Waals surface area contributed by atoms with Crippen LogP contribution in [-0.2, 0) is 4.79 Å². The van der Waals surface area contributed by atoms with Gasteiger partial charge in [-0.3, -0.25) is 9.59 Å². The van der Waals surface area contributed by atoms with E-state index in [1.54, 1.807) is 23.3 Å². The fourth-order valence-electron chi connectivity index (χ4n) is 3.25. The van der Waals surface area contributed by atoms with Gasteiger partial charge in [-0.2, -0.15) is 0 Å². The van der Waals surface area contributed by atoms with Crippen LogP contribution in [-0.4, -0.2) is 54.5 Å². The van der Waals surface area contributed by atoms with Crippen molar-refractivity contribution in [2.24, 2.45) is 0 Å². The van der Waals surface area contributed by atoms with Gasteiger partial charge in [0.15, 0.2) is 0 Å². The third kappa shape index (κ3) is 3.02. The third-order valence-corrected chi connectivity index (χ3v) is 4.61. The Morgan fingerprint density at radius 2 is 2.16 bits per heavy atom. The van der Waals surface area contributed by atoms with Crippen LogP contribution in [0.1, 0.15) is 16.8 Å². The summed E-state index contributed by atoms with van der Waals surface area (Å²) in [6.45, 7) is 1.31. The molecule has 3 N–H and O–H groups in total. The Balaban J connectivity index is 1.37. The molecule has 2 aromatic rings. The molecule has 2 aliphatic rings. The van der Waals surface area contributed by atoms with Crippen molar-refractivity contribution in [3.63, 3.8) is 0 Å². The van der Waals surface area contributed by atoms with Gasteiger partial charge in [0, 0.05) is 36.6 Å². The van der Waals surface area contributed by atoms with Crippen molar-refractivity contribution in [1.82, 2.24) is 20.9 Å². The van der Waals surface area contributed by atoms with Crippen LogP contribution in [0.2, 0.25) is 0 Å². The highest BCUT2D eigenvalue weighted by molar-refractivity contribution is 5.97. The first-order valence-corrected chi connectivity index (χ1v) is 8.21. The Hall–Kier alpha value is -3.03. The fraction of sp³-hybridized carbons (Fsp3) is 0.353. The highest BCUT2D eigenvalue weighted by atomic mass is 16.3. The molecule has 2 fully saturated rings. The van der Waals surface area contributed by atoms with E-state index in [-0.39, 0.29) is 30.4 Å². The summed E-state index contributed by atoms with van der Waals surface area (Å²) < 4.78 is 5.34. The Kier molecular flexibility index (Phi) is 3.79. The van der Waals surface area contributed by atoms with E-state index >= 15 is 0 Å². The summed E-state index contributed by atoms with van der Waals surface area (Å²) in [5.41, 5.74) is 1.25. The lowest BCUT2D eigenvalue weighted by Crippen LogP contribution is -2.48. The van der Waals surface area contributed by atoms with Gasteiger partial charge in [-0.05, 0) is 24.6 Å².